The summed E-state index contributed by atoms with van der Waals surface area (Å²) in [6.07, 6.45) is 5.53. The van der Waals surface area contributed by atoms with E-state index in [-0.39, 0.29) is 0 Å². The van der Waals surface area contributed by atoms with Crippen molar-refractivity contribution >= 4 is 12.3 Å². The Bertz CT molecular complexity index is 258. The second-order valence-corrected chi connectivity index (χ2v) is 2.18. The Labute approximate surface area is 66.7 Å². The van der Waals surface area contributed by atoms with Gasteiger partial charge in [0.25, 0.3) is 0 Å². The Morgan fingerprint density at radius 3 is 3.18 bits per heavy atom. The fourth-order valence-electron chi connectivity index (χ4n) is 0.867. The van der Waals surface area contributed by atoms with E-state index >= 15 is 0 Å². The van der Waals surface area contributed by atoms with E-state index in [4.69, 9.17) is 0 Å². The van der Waals surface area contributed by atoms with Crippen LogP contribution in [0.4, 0.5) is 0 Å². The molecule has 0 bridgehead atoms. The van der Waals surface area contributed by atoms with Gasteiger partial charge in [0.05, 0.1) is 5.69 Å². The van der Waals surface area contributed by atoms with Crippen LogP contribution in [0, 0.1) is 0 Å². The van der Waals surface area contributed by atoms with Gasteiger partial charge >= 0.3 is 0 Å². The molecule has 1 heterocycles. The Kier molecular flexibility index (Phi) is 2.66. The van der Waals surface area contributed by atoms with Crippen LogP contribution in [-0.4, -0.2) is 17.7 Å². The summed E-state index contributed by atoms with van der Waals surface area (Å²) in [5, 5.41) is 0. The molecule has 0 fully saturated rings. The summed E-state index contributed by atoms with van der Waals surface area (Å²) in [5.41, 5.74) is 2.13. The largest absolute Gasteiger partial charge is 0.360 e. The van der Waals surface area contributed by atoms with Gasteiger partial charge in [0.1, 0.15) is 0 Å². The highest BCUT2D eigenvalue weighted by Gasteiger charge is 1.93. The lowest BCUT2D eigenvalue weighted by Crippen LogP contribution is -1.84. The van der Waals surface area contributed by atoms with E-state index in [0.717, 1.165) is 17.8 Å². The van der Waals surface area contributed by atoms with Gasteiger partial charge in [-0.2, -0.15) is 0 Å². The monoisotopic (exact) mass is 148 g/mol. The number of H-pyrrole nitrogens is 1. The van der Waals surface area contributed by atoms with Crippen molar-refractivity contribution in [2.75, 3.05) is 6.54 Å². The molecule has 0 aliphatic carbocycles. The molecule has 0 aromatic carbocycles. The molecule has 11 heavy (non-hydrogen) atoms. The molecular formula is C9H12N2. The molecule has 58 valence electrons. The van der Waals surface area contributed by atoms with Crippen molar-refractivity contribution in [1.29, 1.82) is 0 Å². The minimum atomic E-state index is 0.815. The summed E-state index contributed by atoms with van der Waals surface area (Å²) in [6, 6.07) is 1.98. The van der Waals surface area contributed by atoms with Crippen LogP contribution in [0.1, 0.15) is 18.2 Å². The molecule has 0 unspecified atom stereocenters. The molecule has 0 aliphatic rings. The van der Waals surface area contributed by atoms with E-state index in [1.165, 1.54) is 0 Å². The molecule has 0 atom stereocenters. The van der Waals surface area contributed by atoms with Crippen molar-refractivity contribution in [3.8, 4) is 0 Å². The number of hydrogen-bond acceptors (Lipinski definition) is 1. The third-order valence-corrected chi connectivity index (χ3v) is 1.44. The van der Waals surface area contributed by atoms with Gasteiger partial charge in [0.15, 0.2) is 0 Å². The van der Waals surface area contributed by atoms with Gasteiger partial charge in [-0.15, -0.1) is 0 Å². The molecule has 0 aliphatic heterocycles. The zero-order valence-electron chi connectivity index (χ0n) is 6.67. The highest BCUT2D eigenvalue weighted by atomic mass is 14.7. The molecule has 2 heteroatoms. The average molecular weight is 148 g/mol. The fraction of sp³-hybridized carbons (Fsp3) is 0.222. The van der Waals surface area contributed by atoms with Crippen molar-refractivity contribution in [2.24, 2.45) is 4.99 Å². The lowest BCUT2D eigenvalue weighted by Gasteiger charge is -1.88. The summed E-state index contributed by atoms with van der Waals surface area (Å²) in [7, 11) is 0. The normalized spacial score (nSPS) is 10.6. The maximum absolute atomic E-state index is 4.12. The van der Waals surface area contributed by atoms with Crippen LogP contribution in [0.25, 0.3) is 6.08 Å². The third kappa shape index (κ3) is 1.80. The highest BCUT2D eigenvalue weighted by molar-refractivity contribution is 5.82. The standard InChI is InChI=1S/C9H12N2/c1-3-8-5-6-11-9(8)7-10-4-2/h3,5-7,11H,1,4H2,2H3. The van der Waals surface area contributed by atoms with Gasteiger partial charge in [0, 0.05) is 24.5 Å². The predicted octanol–water partition coefficient (Wildman–Crippen LogP) is 2.10. The average Bonchev–Trinajstić information content (AvgIpc) is 2.47. The first-order valence-corrected chi connectivity index (χ1v) is 3.68. The van der Waals surface area contributed by atoms with Crippen LogP contribution >= 0.6 is 0 Å². The van der Waals surface area contributed by atoms with Crippen molar-refractivity contribution in [3.05, 3.63) is 30.1 Å². The molecular weight excluding hydrogens is 136 g/mol. The van der Waals surface area contributed by atoms with E-state index < -0.39 is 0 Å². The summed E-state index contributed by atoms with van der Waals surface area (Å²) < 4.78 is 0. The number of nitrogens with zero attached hydrogens (tertiary/aromatic N) is 1. The van der Waals surface area contributed by atoms with Crippen molar-refractivity contribution in [3.63, 3.8) is 0 Å². The first kappa shape index (κ1) is 7.79. The summed E-state index contributed by atoms with van der Waals surface area (Å²) in [5.74, 6) is 0. The van der Waals surface area contributed by atoms with Crippen molar-refractivity contribution < 1.29 is 0 Å². The zero-order valence-corrected chi connectivity index (χ0v) is 6.67. The summed E-state index contributed by atoms with van der Waals surface area (Å²) in [4.78, 5) is 7.19. The Morgan fingerprint density at radius 1 is 1.73 bits per heavy atom. The molecule has 0 radical (unpaired) electrons. The molecule has 1 aromatic rings. The van der Waals surface area contributed by atoms with Gasteiger partial charge in [0.2, 0.25) is 0 Å². The van der Waals surface area contributed by atoms with Crippen LogP contribution in [0.2, 0.25) is 0 Å². The fourth-order valence-corrected chi connectivity index (χ4v) is 0.867. The summed E-state index contributed by atoms with van der Waals surface area (Å²) >= 11 is 0. The lowest BCUT2D eigenvalue weighted by atomic mass is 10.2. The maximum Gasteiger partial charge on any atom is 0.0635 e. The molecule has 1 rings (SSSR count). The zero-order chi connectivity index (χ0) is 8.10. The summed E-state index contributed by atoms with van der Waals surface area (Å²) in [6.45, 7) is 6.51. The Morgan fingerprint density at radius 2 is 2.55 bits per heavy atom. The van der Waals surface area contributed by atoms with Gasteiger partial charge in [-0.05, 0) is 13.0 Å². The first-order valence-electron chi connectivity index (χ1n) is 3.68. The van der Waals surface area contributed by atoms with Crippen molar-refractivity contribution in [1.82, 2.24) is 4.98 Å². The second-order valence-electron chi connectivity index (χ2n) is 2.18. The quantitative estimate of drug-likeness (QED) is 0.636. The molecule has 0 amide bonds. The van der Waals surface area contributed by atoms with Gasteiger partial charge < -0.3 is 4.98 Å². The predicted molar refractivity (Wildman–Crippen MR) is 49.0 cm³/mol. The molecule has 0 saturated heterocycles. The maximum atomic E-state index is 4.12. The Balaban J connectivity index is 2.84. The van der Waals surface area contributed by atoms with E-state index in [1.807, 2.05) is 31.5 Å². The molecule has 0 saturated carbocycles. The van der Waals surface area contributed by atoms with E-state index in [9.17, 15) is 0 Å². The van der Waals surface area contributed by atoms with Crippen LogP contribution in [0.3, 0.4) is 0 Å². The number of aliphatic imine (C=N–C) groups is 1. The molecule has 0 spiro atoms. The first-order chi connectivity index (χ1) is 5.38. The van der Waals surface area contributed by atoms with E-state index in [1.54, 1.807) is 0 Å². The van der Waals surface area contributed by atoms with Gasteiger partial charge in [-0.3, -0.25) is 4.99 Å². The lowest BCUT2D eigenvalue weighted by molar-refractivity contribution is 1.14. The highest BCUT2D eigenvalue weighted by Crippen LogP contribution is 2.04. The Hall–Kier alpha value is -1.31. The van der Waals surface area contributed by atoms with Gasteiger partial charge in [-0.25, -0.2) is 0 Å². The van der Waals surface area contributed by atoms with Gasteiger partial charge in [-0.1, -0.05) is 12.7 Å². The smallest absolute Gasteiger partial charge is 0.0635 e. The number of rotatable bonds is 3. The number of hydrogen-bond donors (Lipinski definition) is 1. The second kappa shape index (κ2) is 3.76. The molecule has 1 N–H and O–H groups in total. The minimum absolute atomic E-state index is 0.815. The molecule has 1 aromatic heterocycles. The van der Waals surface area contributed by atoms with E-state index in [0.29, 0.717) is 0 Å². The van der Waals surface area contributed by atoms with Crippen molar-refractivity contribution in [2.45, 2.75) is 6.92 Å². The number of aromatic nitrogens is 1. The SMILES string of the molecule is C=Cc1cc[nH]c1C=NCC. The minimum Gasteiger partial charge on any atom is -0.360 e. The van der Waals surface area contributed by atoms with Crippen LogP contribution in [-0.2, 0) is 0 Å². The topological polar surface area (TPSA) is 28.1 Å². The van der Waals surface area contributed by atoms with E-state index in [2.05, 4.69) is 16.6 Å². The van der Waals surface area contributed by atoms with Crippen LogP contribution in [0.5, 0.6) is 0 Å². The van der Waals surface area contributed by atoms with Crippen LogP contribution < -0.4 is 0 Å². The number of nitrogens with one attached hydrogen (secondary N) is 1. The third-order valence-electron chi connectivity index (χ3n) is 1.44. The number of aromatic amines is 1. The van der Waals surface area contributed by atoms with Crippen LogP contribution in [0.15, 0.2) is 23.8 Å². The molecule has 2 nitrogen and oxygen atoms in total.